The number of anilines is 2. The molecule has 1 N–H and O–H groups in total. The minimum absolute atomic E-state index is 0.00434. The standard InChI is InChI=1S/C19H23ClN2O5S/c1-13(2)27-16-8-6-15(7-9-16)22(28(4,24)25)12-19(23)21-17-11-14(20)5-10-18(17)26-3/h5-11,13H,12H2,1-4H3,(H,21,23). The van der Waals surface area contributed by atoms with Gasteiger partial charge >= 0.3 is 0 Å². The average molecular weight is 427 g/mol. The van der Waals surface area contributed by atoms with Crippen molar-refractivity contribution >= 4 is 38.9 Å². The molecule has 0 unspecified atom stereocenters. The fourth-order valence-electron chi connectivity index (χ4n) is 2.46. The third-order valence-electron chi connectivity index (χ3n) is 3.62. The zero-order valence-electron chi connectivity index (χ0n) is 16.1. The van der Waals surface area contributed by atoms with Gasteiger partial charge in [-0.25, -0.2) is 8.42 Å². The molecule has 152 valence electrons. The predicted octanol–water partition coefficient (Wildman–Crippen LogP) is 3.54. The Balaban J connectivity index is 2.21. The third kappa shape index (κ3) is 6.03. The first-order valence-electron chi connectivity index (χ1n) is 8.48. The number of carbonyl (C=O) groups is 1. The number of hydrogen-bond donors (Lipinski definition) is 1. The number of sulfonamides is 1. The molecule has 0 atom stereocenters. The summed E-state index contributed by atoms with van der Waals surface area (Å²) >= 11 is 5.96. The van der Waals surface area contributed by atoms with Gasteiger partial charge in [0.15, 0.2) is 0 Å². The summed E-state index contributed by atoms with van der Waals surface area (Å²) in [4.78, 5) is 12.5. The average Bonchev–Trinajstić information content (AvgIpc) is 2.59. The quantitative estimate of drug-likeness (QED) is 0.697. The van der Waals surface area contributed by atoms with E-state index in [1.54, 1.807) is 36.4 Å². The molecule has 0 aliphatic heterocycles. The van der Waals surface area contributed by atoms with Crippen LogP contribution in [0.15, 0.2) is 42.5 Å². The zero-order valence-corrected chi connectivity index (χ0v) is 17.7. The molecule has 0 bridgehead atoms. The lowest BCUT2D eigenvalue weighted by Gasteiger charge is -2.22. The molecule has 2 rings (SSSR count). The lowest BCUT2D eigenvalue weighted by Crippen LogP contribution is -2.37. The summed E-state index contributed by atoms with van der Waals surface area (Å²) in [6, 6.07) is 11.3. The lowest BCUT2D eigenvalue weighted by molar-refractivity contribution is -0.114. The minimum Gasteiger partial charge on any atom is -0.495 e. The molecule has 0 fully saturated rings. The molecule has 0 aromatic heterocycles. The molecule has 1 amide bonds. The normalized spacial score (nSPS) is 11.2. The Morgan fingerprint density at radius 1 is 1.18 bits per heavy atom. The van der Waals surface area contributed by atoms with Gasteiger partial charge in [-0.15, -0.1) is 0 Å². The van der Waals surface area contributed by atoms with Gasteiger partial charge in [-0.1, -0.05) is 11.6 Å². The SMILES string of the molecule is COc1ccc(Cl)cc1NC(=O)CN(c1ccc(OC(C)C)cc1)S(C)(=O)=O. The van der Waals surface area contributed by atoms with E-state index in [1.165, 1.54) is 13.2 Å². The summed E-state index contributed by atoms with van der Waals surface area (Å²) < 4.78 is 36.2. The van der Waals surface area contributed by atoms with E-state index in [0.717, 1.165) is 10.6 Å². The number of hydrogen-bond acceptors (Lipinski definition) is 5. The number of nitrogens with one attached hydrogen (secondary N) is 1. The van der Waals surface area contributed by atoms with Crippen LogP contribution >= 0.6 is 11.6 Å². The van der Waals surface area contributed by atoms with Gasteiger partial charge in [0, 0.05) is 5.02 Å². The minimum atomic E-state index is -3.69. The van der Waals surface area contributed by atoms with Crippen LogP contribution < -0.4 is 19.1 Å². The van der Waals surface area contributed by atoms with Gasteiger partial charge in [0.25, 0.3) is 0 Å². The van der Waals surface area contributed by atoms with E-state index in [4.69, 9.17) is 21.1 Å². The molecule has 0 heterocycles. The molecular weight excluding hydrogens is 404 g/mol. The topological polar surface area (TPSA) is 84.9 Å². The number of halogens is 1. The Labute approximate surface area is 170 Å². The summed E-state index contributed by atoms with van der Waals surface area (Å²) in [6.07, 6.45) is 1.04. The van der Waals surface area contributed by atoms with Gasteiger partial charge < -0.3 is 14.8 Å². The molecule has 0 spiro atoms. The van der Waals surface area contributed by atoms with E-state index in [-0.39, 0.29) is 6.10 Å². The second-order valence-corrected chi connectivity index (χ2v) is 8.67. The van der Waals surface area contributed by atoms with Gasteiger partial charge in [-0.2, -0.15) is 0 Å². The van der Waals surface area contributed by atoms with Crippen LogP contribution in [0.2, 0.25) is 5.02 Å². The first-order valence-corrected chi connectivity index (χ1v) is 10.7. The monoisotopic (exact) mass is 426 g/mol. The zero-order chi connectivity index (χ0) is 20.9. The summed E-state index contributed by atoms with van der Waals surface area (Å²) in [5.74, 6) is 0.493. The third-order valence-corrected chi connectivity index (χ3v) is 5.00. The molecular formula is C19H23ClN2O5S. The highest BCUT2D eigenvalue weighted by Gasteiger charge is 2.21. The molecule has 0 radical (unpaired) electrons. The van der Waals surface area contributed by atoms with Gasteiger partial charge in [0.2, 0.25) is 15.9 Å². The Morgan fingerprint density at radius 2 is 1.82 bits per heavy atom. The maximum atomic E-state index is 12.5. The van der Waals surface area contributed by atoms with Crippen LogP contribution in [0.1, 0.15) is 13.8 Å². The summed E-state index contributed by atoms with van der Waals surface area (Å²) in [7, 11) is -2.23. The molecule has 0 saturated heterocycles. The molecule has 0 aliphatic rings. The second kappa shape index (κ2) is 9.16. The number of carbonyl (C=O) groups excluding carboxylic acids is 1. The van der Waals surface area contributed by atoms with E-state index in [9.17, 15) is 13.2 Å². The van der Waals surface area contributed by atoms with Crippen LogP contribution in [-0.4, -0.2) is 40.3 Å². The number of rotatable bonds is 8. The van der Waals surface area contributed by atoms with Crippen molar-refractivity contribution in [1.29, 1.82) is 0 Å². The predicted molar refractivity (Wildman–Crippen MR) is 111 cm³/mol. The Hall–Kier alpha value is -2.45. The molecule has 9 heteroatoms. The van der Waals surface area contributed by atoms with Gasteiger partial charge in [-0.3, -0.25) is 9.10 Å². The number of methoxy groups -OCH3 is 1. The van der Waals surface area contributed by atoms with Crippen molar-refractivity contribution in [3.63, 3.8) is 0 Å². The van der Waals surface area contributed by atoms with Gasteiger partial charge in [-0.05, 0) is 56.3 Å². The maximum absolute atomic E-state index is 12.5. The van der Waals surface area contributed by atoms with Crippen LogP contribution in [-0.2, 0) is 14.8 Å². The highest BCUT2D eigenvalue weighted by molar-refractivity contribution is 7.92. The smallest absolute Gasteiger partial charge is 0.245 e. The van der Waals surface area contributed by atoms with Crippen LogP contribution in [0, 0.1) is 0 Å². The molecule has 2 aromatic carbocycles. The van der Waals surface area contributed by atoms with E-state index in [0.29, 0.717) is 27.9 Å². The van der Waals surface area contributed by atoms with Crippen LogP contribution in [0.5, 0.6) is 11.5 Å². The van der Waals surface area contributed by atoms with Crippen molar-refractivity contribution in [2.75, 3.05) is 29.5 Å². The van der Waals surface area contributed by atoms with Crippen molar-refractivity contribution < 1.29 is 22.7 Å². The fourth-order valence-corrected chi connectivity index (χ4v) is 3.49. The van der Waals surface area contributed by atoms with E-state index in [2.05, 4.69) is 5.32 Å². The van der Waals surface area contributed by atoms with Crippen LogP contribution in [0.4, 0.5) is 11.4 Å². The highest BCUT2D eigenvalue weighted by atomic mass is 35.5. The molecule has 0 saturated carbocycles. The van der Waals surface area contributed by atoms with Crippen LogP contribution in [0.3, 0.4) is 0 Å². The number of amides is 1. The Bertz CT molecular complexity index is 930. The van der Waals surface area contributed by atoms with Gasteiger partial charge in [0.1, 0.15) is 18.0 Å². The second-order valence-electron chi connectivity index (χ2n) is 6.32. The summed E-state index contributed by atoms with van der Waals surface area (Å²) in [5.41, 5.74) is 0.709. The summed E-state index contributed by atoms with van der Waals surface area (Å²) in [5, 5.41) is 3.05. The van der Waals surface area contributed by atoms with E-state index in [1.807, 2.05) is 13.8 Å². The van der Waals surface area contributed by atoms with Crippen molar-refractivity contribution in [1.82, 2.24) is 0 Å². The fraction of sp³-hybridized carbons (Fsp3) is 0.316. The lowest BCUT2D eigenvalue weighted by atomic mass is 10.2. The van der Waals surface area contributed by atoms with Crippen molar-refractivity contribution in [2.24, 2.45) is 0 Å². The molecule has 2 aromatic rings. The molecule has 7 nitrogen and oxygen atoms in total. The van der Waals surface area contributed by atoms with E-state index < -0.39 is 22.5 Å². The number of ether oxygens (including phenoxy) is 2. The van der Waals surface area contributed by atoms with Gasteiger partial charge in [0.05, 0.1) is 30.8 Å². The largest absolute Gasteiger partial charge is 0.495 e. The number of nitrogens with zero attached hydrogens (tertiary/aromatic N) is 1. The highest BCUT2D eigenvalue weighted by Crippen LogP contribution is 2.28. The Kier molecular flexibility index (Phi) is 7.15. The maximum Gasteiger partial charge on any atom is 0.245 e. The molecule has 0 aliphatic carbocycles. The summed E-state index contributed by atoms with van der Waals surface area (Å²) in [6.45, 7) is 3.38. The number of benzene rings is 2. The first kappa shape index (κ1) is 21.8. The van der Waals surface area contributed by atoms with Crippen LogP contribution in [0.25, 0.3) is 0 Å². The van der Waals surface area contributed by atoms with Crippen molar-refractivity contribution in [2.45, 2.75) is 20.0 Å². The first-order chi connectivity index (χ1) is 13.1. The molecule has 28 heavy (non-hydrogen) atoms. The Morgan fingerprint density at radius 3 is 2.36 bits per heavy atom. The van der Waals surface area contributed by atoms with E-state index >= 15 is 0 Å². The van der Waals surface area contributed by atoms with Crippen molar-refractivity contribution in [3.8, 4) is 11.5 Å². The van der Waals surface area contributed by atoms with Crippen molar-refractivity contribution in [3.05, 3.63) is 47.5 Å².